The minimum absolute atomic E-state index is 0.0898. The first kappa shape index (κ1) is 25.5. The number of rotatable bonds is 5. The van der Waals surface area contributed by atoms with Crippen molar-refractivity contribution in [1.82, 2.24) is 5.32 Å². The van der Waals surface area contributed by atoms with E-state index >= 15 is 0 Å². The van der Waals surface area contributed by atoms with Gasteiger partial charge in [0.2, 0.25) is 0 Å². The number of carbonyl (C=O) groups excluding carboxylic acids is 2. The van der Waals surface area contributed by atoms with Crippen molar-refractivity contribution in [3.05, 3.63) is 83.3 Å². The standard InChI is InChI=1S/C23H27N3O3.C2H6/c1-5-20(17(4)27)22(28)26-21-14-19(12-11-16(21)3)25-23(29)24-18-10-8-6-7-9-15(2)13-18;1-2/h5-6,8,10-14,27H,1,7,9H2,2-4H3,(H,26,28)(H2,24,25,29);1-2H3/b8-6-,15-13-,18-10+,20-17+;. The SMILES string of the molecule is C=C/C(C(=O)Nc1cc(NC(=O)NC2=C/C=C\CC/C(C)=C\2)ccc1C)=C(/C)O.CC. The van der Waals surface area contributed by atoms with Crippen molar-refractivity contribution in [3.63, 3.8) is 0 Å². The van der Waals surface area contributed by atoms with Gasteiger partial charge < -0.3 is 21.1 Å². The Hall–Kier alpha value is -3.54. The first-order valence-electron chi connectivity index (χ1n) is 10.4. The van der Waals surface area contributed by atoms with Crippen molar-refractivity contribution < 1.29 is 14.7 Å². The number of hydrogen-bond acceptors (Lipinski definition) is 3. The summed E-state index contributed by atoms with van der Waals surface area (Å²) in [7, 11) is 0. The zero-order chi connectivity index (χ0) is 23.4. The van der Waals surface area contributed by atoms with Gasteiger partial charge in [-0.25, -0.2) is 4.79 Å². The maximum absolute atomic E-state index is 12.4. The number of nitrogens with one attached hydrogen (secondary N) is 3. The topological polar surface area (TPSA) is 90.5 Å². The van der Waals surface area contributed by atoms with Gasteiger partial charge in [0.25, 0.3) is 5.91 Å². The van der Waals surface area contributed by atoms with Crippen LogP contribution in [0.1, 0.15) is 46.1 Å². The Morgan fingerprint density at radius 3 is 2.48 bits per heavy atom. The Balaban J connectivity index is 0.00000233. The third kappa shape index (κ3) is 8.38. The molecule has 0 atom stereocenters. The normalized spacial score (nSPS) is 18.1. The summed E-state index contributed by atoms with van der Waals surface area (Å²) >= 11 is 0. The van der Waals surface area contributed by atoms with Gasteiger partial charge in [-0.1, -0.05) is 50.3 Å². The lowest BCUT2D eigenvalue weighted by molar-refractivity contribution is -0.112. The molecule has 1 aromatic rings. The highest BCUT2D eigenvalue weighted by Gasteiger charge is 2.12. The quantitative estimate of drug-likeness (QED) is 0.255. The Morgan fingerprint density at radius 2 is 1.84 bits per heavy atom. The molecule has 1 aromatic carbocycles. The molecule has 0 unspecified atom stereocenters. The number of allylic oxidation sites excluding steroid dienone is 6. The number of anilines is 2. The molecule has 0 saturated carbocycles. The van der Waals surface area contributed by atoms with Gasteiger partial charge >= 0.3 is 6.03 Å². The third-order valence-corrected chi connectivity index (χ3v) is 4.36. The Morgan fingerprint density at radius 1 is 1.13 bits per heavy atom. The molecule has 0 heterocycles. The van der Waals surface area contributed by atoms with E-state index in [0.29, 0.717) is 17.1 Å². The van der Waals surface area contributed by atoms with E-state index in [0.717, 1.165) is 18.4 Å². The van der Waals surface area contributed by atoms with E-state index in [1.807, 2.05) is 45.9 Å². The van der Waals surface area contributed by atoms with Crippen LogP contribution in [0.4, 0.5) is 16.2 Å². The second-order valence-corrected chi connectivity index (χ2v) is 6.85. The summed E-state index contributed by atoms with van der Waals surface area (Å²) in [5.74, 6) is -0.592. The Labute approximate surface area is 185 Å². The zero-order valence-corrected chi connectivity index (χ0v) is 19.0. The van der Waals surface area contributed by atoms with Crippen LogP contribution in [0.2, 0.25) is 0 Å². The van der Waals surface area contributed by atoms with Crippen LogP contribution in [0.3, 0.4) is 0 Å². The van der Waals surface area contributed by atoms with Gasteiger partial charge in [0.05, 0.1) is 5.57 Å². The zero-order valence-electron chi connectivity index (χ0n) is 19.0. The monoisotopic (exact) mass is 423 g/mol. The number of hydrogen-bond donors (Lipinski definition) is 4. The fourth-order valence-electron chi connectivity index (χ4n) is 2.76. The molecule has 0 saturated heterocycles. The Kier molecular flexibility index (Phi) is 10.6. The molecular formula is C25H33N3O3. The highest BCUT2D eigenvalue weighted by atomic mass is 16.3. The van der Waals surface area contributed by atoms with Gasteiger partial charge in [-0.05, 0) is 63.5 Å². The molecule has 1 aliphatic rings. The second-order valence-electron chi connectivity index (χ2n) is 6.85. The minimum Gasteiger partial charge on any atom is -0.512 e. The summed E-state index contributed by atoms with van der Waals surface area (Å²) in [6.07, 6.45) is 11.0. The maximum Gasteiger partial charge on any atom is 0.323 e. The van der Waals surface area contributed by atoms with Crippen molar-refractivity contribution in [1.29, 1.82) is 0 Å². The number of amides is 3. The summed E-state index contributed by atoms with van der Waals surface area (Å²) in [6.45, 7) is 12.8. The molecule has 0 radical (unpaired) electrons. The van der Waals surface area contributed by atoms with E-state index < -0.39 is 5.91 Å². The van der Waals surface area contributed by atoms with E-state index in [9.17, 15) is 14.7 Å². The van der Waals surface area contributed by atoms with Gasteiger partial charge in [0.1, 0.15) is 5.76 Å². The number of aliphatic hydroxyl groups is 1. The number of urea groups is 1. The second kappa shape index (κ2) is 12.9. The highest BCUT2D eigenvalue weighted by molar-refractivity contribution is 6.06. The molecule has 6 heteroatoms. The maximum atomic E-state index is 12.4. The smallest absolute Gasteiger partial charge is 0.323 e. The van der Waals surface area contributed by atoms with Crippen molar-refractivity contribution in [2.45, 2.75) is 47.5 Å². The highest BCUT2D eigenvalue weighted by Crippen LogP contribution is 2.21. The van der Waals surface area contributed by atoms with Crippen LogP contribution < -0.4 is 16.0 Å². The largest absolute Gasteiger partial charge is 0.512 e. The van der Waals surface area contributed by atoms with Gasteiger partial charge in [0.15, 0.2) is 0 Å². The van der Waals surface area contributed by atoms with Crippen LogP contribution in [0.15, 0.2) is 77.8 Å². The Bertz CT molecular complexity index is 933. The third-order valence-electron chi connectivity index (χ3n) is 4.36. The average molecular weight is 424 g/mol. The molecule has 0 aromatic heterocycles. The molecule has 0 spiro atoms. The first-order chi connectivity index (χ1) is 14.8. The van der Waals surface area contributed by atoms with Crippen LogP contribution in [0, 0.1) is 6.92 Å². The molecule has 166 valence electrons. The molecule has 1 aliphatic carbocycles. The predicted molar refractivity (Wildman–Crippen MR) is 129 cm³/mol. The number of aryl methyl sites for hydroxylation is 1. The summed E-state index contributed by atoms with van der Waals surface area (Å²) < 4.78 is 0. The molecule has 0 fully saturated rings. The molecular weight excluding hydrogens is 390 g/mol. The molecule has 0 aliphatic heterocycles. The fraction of sp³-hybridized carbons (Fsp3) is 0.280. The van der Waals surface area contributed by atoms with Crippen LogP contribution in [0.5, 0.6) is 0 Å². The van der Waals surface area contributed by atoms with Crippen LogP contribution in [-0.2, 0) is 4.79 Å². The molecule has 6 nitrogen and oxygen atoms in total. The van der Waals surface area contributed by atoms with E-state index in [1.165, 1.54) is 18.6 Å². The lowest BCUT2D eigenvalue weighted by Gasteiger charge is -2.13. The molecule has 4 N–H and O–H groups in total. The summed E-state index contributed by atoms with van der Waals surface area (Å²) in [5, 5.41) is 17.9. The van der Waals surface area contributed by atoms with E-state index in [-0.39, 0.29) is 17.4 Å². The molecule has 31 heavy (non-hydrogen) atoms. The van der Waals surface area contributed by atoms with Gasteiger partial charge in [-0.3, -0.25) is 4.79 Å². The van der Waals surface area contributed by atoms with Crippen molar-refractivity contribution in [3.8, 4) is 0 Å². The van der Waals surface area contributed by atoms with Crippen LogP contribution in [0.25, 0.3) is 0 Å². The summed E-state index contributed by atoms with van der Waals surface area (Å²) in [4.78, 5) is 24.7. The van der Waals surface area contributed by atoms with E-state index in [2.05, 4.69) is 28.6 Å². The van der Waals surface area contributed by atoms with Crippen LogP contribution in [-0.4, -0.2) is 17.0 Å². The molecule has 2 rings (SSSR count). The number of carbonyl (C=O) groups is 2. The average Bonchev–Trinajstić information content (AvgIpc) is 2.70. The summed E-state index contributed by atoms with van der Waals surface area (Å²) in [6, 6.07) is 4.82. The lowest BCUT2D eigenvalue weighted by Crippen LogP contribution is -2.27. The first-order valence-corrected chi connectivity index (χ1v) is 10.4. The van der Waals surface area contributed by atoms with Gasteiger partial charge in [-0.2, -0.15) is 0 Å². The minimum atomic E-state index is -0.475. The molecule has 3 amide bonds. The summed E-state index contributed by atoms with van der Waals surface area (Å²) in [5.41, 5.74) is 3.84. The van der Waals surface area contributed by atoms with Crippen molar-refractivity contribution in [2.75, 3.05) is 10.6 Å². The van der Waals surface area contributed by atoms with Crippen LogP contribution >= 0.6 is 0 Å². The lowest BCUT2D eigenvalue weighted by atomic mass is 10.1. The number of aliphatic hydroxyl groups excluding tert-OH is 1. The fourth-order valence-corrected chi connectivity index (χ4v) is 2.76. The number of benzene rings is 1. The van der Waals surface area contributed by atoms with Crippen molar-refractivity contribution >= 4 is 23.3 Å². The van der Waals surface area contributed by atoms with E-state index in [4.69, 9.17) is 0 Å². The van der Waals surface area contributed by atoms with Gasteiger partial charge in [-0.15, -0.1) is 0 Å². The van der Waals surface area contributed by atoms with Gasteiger partial charge in [0, 0.05) is 17.1 Å². The molecule has 0 bridgehead atoms. The van der Waals surface area contributed by atoms with E-state index in [1.54, 1.807) is 18.2 Å². The predicted octanol–water partition coefficient (Wildman–Crippen LogP) is 6.28. The van der Waals surface area contributed by atoms with Crippen molar-refractivity contribution in [2.24, 2.45) is 0 Å².